The van der Waals surface area contributed by atoms with Crippen molar-refractivity contribution in [3.05, 3.63) is 82.9 Å². The van der Waals surface area contributed by atoms with Crippen LogP contribution in [0, 0.1) is 6.92 Å². The van der Waals surface area contributed by atoms with Gasteiger partial charge < -0.3 is 20.1 Å². The maximum atomic E-state index is 12.7. The average molecular weight is 475 g/mol. The van der Waals surface area contributed by atoms with Gasteiger partial charge in [-0.1, -0.05) is 52.0 Å². The summed E-state index contributed by atoms with van der Waals surface area (Å²) < 4.78 is 11.0. The number of benzene rings is 3. The topological polar surface area (TPSA) is 76.7 Å². The molecule has 6 nitrogen and oxygen atoms in total. The van der Waals surface area contributed by atoms with E-state index in [0.717, 1.165) is 22.4 Å². The molecular weight excluding hydrogens is 440 g/mol. The van der Waals surface area contributed by atoms with Crippen LogP contribution in [-0.4, -0.2) is 25.5 Å². The summed E-state index contributed by atoms with van der Waals surface area (Å²) in [6, 6.07) is 18.4. The van der Waals surface area contributed by atoms with Crippen molar-refractivity contribution in [3.8, 4) is 11.5 Å². The van der Waals surface area contributed by atoms with Gasteiger partial charge in [0.15, 0.2) is 6.61 Å². The van der Waals surface area contributed by atoms with E-state index in [1.54, 1.807) is 31.4 Å². The minimum Gasteiger partial charge on any atom is -0.495 e. The number of anilines is 2. The first kappa shape index (κ1) is 25.8. The minimum atomic E-state index is -0.260. The van der Waals surface area contributed by atoms with E-state index in [4.69, 9.17) is 9.47 Å². The van der Waals surface area contributed by atoms with Crippen LogP contribution in [0.25, 0.3) is 0 Å². The van der Waals surface area contributed by atoms with Crippen LogP contribution in [0.3, 0.4) is 0 Å². The summed E-state index contributed by atoms with van der Waals surface area (Å²) in [5.41, 5.74) is 5.16. The highest BCUT2D eigenvalue weighted by molar-refractivity contribution is 6.05. The first-order valence-corrected chi connectivity index (χ1v) is 11.8. The molecule has 0 spiro atoms. The number of nitrogens with one attached hydrogen (secondary N) is 2. The summed E-state index contributed by atoms with van der Waals surface area (Å²) in [7, 11) is 1.56. The fraction of sp³-hybridized carbons (Fsp3) is 0.310. The number of rotatable bonds is 9. The van der Waals surface area contributed by atoms with Crippen molar-refractivity contribution in [2.45, 2.75) is 46.5 Å². The molecule has 6 heteroatoms. The lowest BCUT2D eigenvalue weighted by Gasteiger charge is -2.20. The lowest BCUT2D eigenvalue weighted by molar-refractivity contribution is -0.118. The number of methoxy groups -OCH3 is 1. The molecule has 184 valence electrons. The van der Waals surface area contributed by atoms with E-state index < -0.39 is 0 Å². The second-order valence-electron chi connectivity index (χ2n) is 9.14. The Balaban J connectivity index is 1.63. The van der Waals surface area contributed by atoms with Gasteiger partial charge in [0.05, 0.1) is 12.8 Å². The lowest BCUT2D eigenvalue weighted by Crippen LogP contribution is -2.22. The predicted octanol–water partition coefficient (Wildman–Crippen LogP) is 6.52. The number of ether oxygens (including phenoxy) is 2. The van der Waals surface area contributed by atoms with E-state index in [0.29, 0.717) is 22.7 Å². The van der Waals surface area contributed by atoms with E-state index >= 15 is 0 Å². The van der Waals surface area contributed by atoms with Crippen LogP contribution in [-0.2, 0) is 4.79 Å². The van der Waals surface area contributed by atoms with Crippen molar-refractivity contribution >= 4 is 23.2 Å². The van der Waals surface area contributed by atoms with Gasteiger partial charge in [-0.25, -0.2) is 0 Å². The Morgan fingerprint density at radius 3 is 2.06 bits per heavy atom. The fourth-order valence-corrected chi connectivity index (χ4v) is 3.84. The van der Waals surface area contributed by atoms with Gasteiger partial charge in [-0.15, -0.1) is 0 Å². The van der Waals surface area contributed by atoms with Gasteiger partial charge >= 0.3 is 0 Å². The van der Waals surface area contributed by atoms with Gasteiger partial charge in [-0.05, 0) is 71.8 Å². The van der Waals surface area contributed by atoms with Crippen LogP contribution in [0.5, 0.6) is 11.5 Å². The molecule has 0 aliphatic heterocycles. The van der Waals surface area contributed by atoms with Crippen LogP contribution in [0.15, 0.2) is 60.7 Å². The van der Waals surface area contributed by atoms with Crippen LogP contribution >= 0.6 is 0 Å². The Hall–Kier alpha value is -3.80. The Morgan fingerprint density at radius 2 is 1.49 bits per heavy atom. The molecule has 2 N–H and O–H groups in total. The number of carbonyl (C=O) groups is 2. The zero-order valence-electron chi connectivity index (χ0n) is 21.3. The molecule has 3 aromatic carbocycles. The summed E-state index contributed by atoms with van der Waals surface area (Å²) in [6.45, 7) is 10.3. The number of hydrogen-bond donors (Lipinski definition) is 2. The molecule has 0 saturated heterocycles. The molecule has 2 amide bonds. The van der Waals surface area contributed by atoms with E-state index in [1.165, 1.54) is 0 Å². The lowest BCUT2D eigenvalue weighted by atomic mass is 9.92. The quantitative estimate of drug-likeness (QED) is 0.370. The Kier molecular flexibility index (Phi) is 8.53. The number of aryl methyl sites for hydroxylation is 1. The summed E-state index contributed by atoms with van der Waals surface area (Å²) >= 11 is 0. The molecule has 0 aliphatic rings. The van der Waals surface area contributed by atoms with Crippen LogP contribution in [0.1, 0.15) is 66.6 Å². The zero-order chi connectivity index (χ0) is 25.5. The summed E-state index contributed by atoms with van der Waals surface area (Å²) in [5, 5.41) is 5.92. The van der Waals surface area contributed by atoms with Crippen LogP contribution in [0.2, 0.25) is 0 Å². The van der Waals surface area contributed by atoms with Gasteiger partial charge in [0.1, 0.15) is 11.5 Å². The van der Waals surface area contributed by atoms with Gasteiger partial charge in [-0.3, -0.25) is 9.59 Å². The van der Waals surface area contributed by atoms with Gasteiger partial charge in [0.2, 0.25) is 0 Å². The third-order valence-corrected chi connectivity index (χ3v) is 5.73. The molecule has 0 bridgehead atoms. The maximum Gasteiger partial charge on any atom is 0.262 e. The third kappa shape index (κ3) is 6.63. The Morgan fingerprint density at radius 1 is 0.857 bits per heavy atom. The highest BCUT2D eigenvalue weighted by atomic mass is 16.5. The highest BCUT2D eigenvalue weighted by Gasteiger charge is 2.16. The SMILES string of the molecule is COc1ccc(C)cc1NC(=O)c1ccc(OCC(=O)Nc2c(C(C)C)cccc2C(C)C)cc1. The number of para-hydroxylation sites is 1. The second kappa shape index (κ2) is 11.6. The largest absolute Gasteiger partial charge is 0.495 e. The first-order valence-electron chi connectivity index (χ1n) is 11.8. The minimum absolute atomic E-state index is 0.129. The first-order chi connectivity index (χ1) is 16.7. The zero-order valence-corrected chi connectivity index (χ0v) is 21.3. The fourth-order valence-electron chi connectivity index (χ4n) is 3.84. The molecule has 0 fully saturated rings. The molecular formula is C29H34N2O4. The predicted molar refractivity (Wildman–Crippen MR) is 141 cm³/mol. The van der Waals surface area contributed by atoms with E-state index in [2.05, 4.69) is 38.3 Å². The molecule has 35 heavy (non-hydrogen) atoms. The summed E-state index contributed by atoms with van der Waals surface area (Å²) in [4.78, 5) is 25.4. The molecule has 0 aromatic heterocycles. The molecule has 0 radical (unpaired) electrons. The summed E-state index contributed by atoms with van der Waals surface area (Å²) in [6.07, 6.45) is 0. The van der Waals surface area contributed by atoms with Crippen molar-refractivity contribution in [3.63, 3.8) is 0 Å². The molecule has 0 saturated carbocycles. The molecule has 0 heterocycles. The summed E-state index contributed by atoms with van der Waals surface area (Å²) in [5.74, 6) is 1.17. The average Bonchev–Trinajstić information content (AvgIpc) is 2.83. The standard InChI is InChI=1S/C29H34N2O4/c1-18(2)23-8-7-9-24(19(3)4)28(23)31-27(32)17-35-22-13-11-21(12-14-22)29(33)30-25-16-20(5)10-15-26(25)34-6/h7-16,18-19H,17H2,1-6H3,(H,30,33)(H,31,32). The molecule has 3 aromatic rings. The van der Waals surface area contributed by atoms with E-state index in [1.807, 2.05) is 43.3 Å². The van der Waals surface area contributed by atoms with Gasteiger partial charge in [0, 0.05) is 11.3 Å². The van der Waals surface area contributed by atoms with Crippen molar-refractivity contribution in [2.24, 2.45) is 0 Å². The van der Waals surface area contributed by atoms with Crippen molar-refractivity contribution in [1.82, 2.24) is 0 Å². The molecule has 0 unspecified atom stereocenters. The number of carbonyl (C=O) groups excluding carboxylic acids is 2. The Labute approximate surface area is 207 Å². The third-order valence-electron chi connectivity index (χ3n) is 5.73. The number of amides is 2. The molecule has 0 aliphatic carbocycles. The van der Waals surface area contributed by atoms with Crippen molar-refractivity contribution < 1.29 is 19.1 Å². The maximum absolute atomic E-state index is 12.7. The second-order valence-corrected chi connectivity index (χ2v) is 9.14. The molecule has 3 rings (SSSR count). The Bertz CT molecular complexity index is 1160. The van der Waals surface area contributed by atoms with Crippen LogP contribution < -0.4 is 20.1 Å². The van der Waals surface area contributed by atoms with Crippen molar-refractivity contribution in [2.75, 3.05) is 24.4 Å². The van der Waals surface area contributed by atoms with Gasteiger partial charge in [-0.2, -0.15) is 0 Å². The smallest absolute Gasteiger partial charge is 0.262 e. The monoisotopic (exact) mass is 474 g/mol. The normalized spacial score (nSPS) is 10.9. The van der Waals surface area contributed by atoms with E-state index in [9.17, 15) is 9.59 Å². The molecule has 0 atom stereocenters. The van der Waals surface area contributed by atoms with Crippen LogP contribution in [0.4, 0.5) is 11.4 Å². The van der Waals surface area contributed by atoms with Gasteiger partial charge in [0.25, 0.3) is 11.8 Å². The van der Waals surface area contributed by atoms with Crippen molar-refractivity contribution in [1.29, 1.82) is 0 Å². The van der Waals surface area contributed by atoms with E-state index in [-0.39, 0.29) is 30.3 Å². The highest BCUT2D eigenvalue weighted by Crippen LogP contribution is 2.32. The number of hydrogen-bond acceptors (Lipinski definition) is 4.